The zero-order valence-electron chi connectivity index (χ0n) is 17.2. The SMILES string of the molecule is C=Cc1cccc(C[N+](CCCCC)(CCCCC)CCCCC)c1. The van der Waals surface area contributed by atoms with E-state index < -0.39 is 0 Å². The first-order valence-corrected chi connectivity index (χ1v) is 10.8. The summed E-state index contributed by atoms with van der Waals surface area (Å²) in [4.78, 5) is 0. The van der Waals surface area contributed by atoms with Gasteiger partial charge in [-0.25, -0.2) is 0 Å². The number of benzene rings is 1. The van der Waals surface area contributed by atoms with Gasteiger partial charge < -0.3 is 4.48 Å². The summed E-state index contributed by atoms with van der Waals surface area (Å²) in [6.07, 6.45) is 14.1. The first-order valence-electron chi connectivity index (χ1n) is 10.8. The van der Waals surface area contributed by atoms with Crippen LogP contribution >= 0.6 is 0 Å². The lowest BCUT2D eigenvalue weighted by atomic mass is 10.1. The molecule has 0 atom stereocenters. The van der Waals surface area contributed by atoms with Gasteiger partial charge in [0.05, 0.1) is 19.6 Å². The van der Waals surface area contributed by atoms with Gasteiger partial charge in [-0.2, -0.15) is 0 Å². The minimum atomic E-state index is 1.19. The average molecular weight is 345 g/mol. The van der Waals surface area contributed by atoms with E-state index in [-0.39, 0.29) is 0 Å². The summed E-state index contributed by atoms with van der Waals surface area (Å²) in [5.41, 5.74) is 2.74. The van der Waals surface area contributed by atoms with Gasteiger partial charge in [0.15, 0.2) is 0 Å². The van der Waals surface area contributed by atoms with E-state index in [1.54, 1.807) is 0 Å². The molecule has 0 N–H and O–H groups in total. The van der Waals surface area contributed by atoms with Crippen LogP contribution in [0.1, 0.15) is 89.7 Å². The fourth-order valence-electron chi connectivity index (χ4n) is 3.87. The van der Waals surface area contributed by atoms with Crippen molar-refractivity contribution in [1.29, 1.82) is 0 Å². The molecule has 0 aliphatic heterocycles. The normalized spacial score (nSPS) is 11.6. The Balaban J connectivity index is 2.93. The summed E-state index contributed by atoms with van der Waals surface area (Å²) in [7, 11) is 0. The summed E-state index contributed by atoms with van der Waals surface area (Å²) < 4.78 is 1.29. The quantitative estimate of drug-likeness (QED) is 0.233. The minimum Gasteiger partial charge on any atom is -0.320 e. The van der Waals surface area contributed by atoms with Crippen molar-refractivity contribution in [1.82, 2.24) is 0 Å². The number of unbranched alkanes of at least 4 members (excludes halogenated alkanes) is 6. The Labute approximate surface area is 157 Å². The lowest BCUT2D eigenvalue weighted by Gasteiger charge is -2.39. The maximum atomic E-state index is 3.95. The van der Waals surface area contributed by atoms with Crippen molar-refractivity contribution in [2.24, 2.45) is 0 Å². The van der Waals surface area contributed by atoms with E-state index in [0.29, 0.717) is 0 Å². The van der Waals surface area contributed by atoms with Gasteiger partial charge in [-0.1, -0.05) is 70.9 Å². The second-order valence-electron chi connectivity index (χ2n) is 7.74. The molecule has 0 unspecified atom stereocenters. The maximum Gasteiger partial charge on any atom is 0.104 e. The number of rotatable bonds is 15. The molecule has 0 bridgehead atoms. The molecule has 0 aliphatic rings. The van der Waals surface area contributed by atoms with Crippen LogP contribution < -0.4 is 0 Å². The summed E-state index contributed by atoms with van der Waals surface area (Å²) in [6, 6.07) is 9.03. The molecule has 1 aromatic carbocycles. The largest absolute Gasteiger partial charge is 0.320 e. The molecule has 0 radical (unpaired) electrons. The number of quaternary nitrogens is 1. The van der Waals surface area contributed by atoms with Crippen molar-refractivity contribution in [3.05, 3.63) is 42.0 Å². The molecule has 0 aliphatic carbocycles. The molecule has 1 heteroatoms. The van der Waals surface area contributed by atoms with E-state index in [2.05, 4.69) is 51.6 Å². The molecule has 0 saturated heterocycles. The van der Waals surface area contributed by atoms with E-state index in [0.717, 1.165) is 0 Å². The molecule has 1 rings (SSSR count). The predicted octanol–water partition coefficient (Wildman–Crippen LogP) is 7.22. The molecular formula is C24H42N+. The molecule has 1 nitrogen and oxygen atoms in total. The highest BCUT2D eigenvalue weighted by Crippen LogP contribution is 2.22. The number of nitrogens with zero attached hydrogens (tertiary/aromatic N) is 1. The molecule has 0 spiro atoms. The van der Waals surface area contributed by atoms with Crippen molar-refractivity contribution in [3.63, 3.8) is 0 Å². The first kappa shape index (κ1) is 22.0. The third-order valence-electron chi connectivity index (χ3n) is 5.41. The molecule has 0 heterocycles. The third kappa shape index (κ3) is 8.72. The van der Waals surface area contributed by atoms with Gasteiger partial charge >= 0.3 is 0 Å². The lowest BCUT2D eigenvalue weighted by Crippen LogP contribution is -2.49. The molecule has 0 amide bonds. The van der Waals surface area contributed by atoms with Crippen molar-refractivity contribution >= 4 is 6.08 Å². The fourth-order valence-corrected chi connectivity index (χ4v) is 3.87. The van der Waals surface area contributed by atoms with E-state index in [1.165, 1.54) is 99.6 Å². The van der Waals surface area contributed by atoms with Gasteiger partial charge in [0.25, 0.3) is 0 Å². The van der Waals surface area contributed by atoms with E-state index in [1.807, 2.05) is 6.08 Å². The van der Waals surface area contributed by atoms with Crippen molar-refractivity contribution in [3.8, 4) is 0 Å². The fraction of sp³-hybridized carbons (Fsp3) is 0.667. The van der Waals surface area contributed by atoms with Gasteiger partial charge in [-0.05, 0) is 50.2 Å². The molecule has 142 valence electrons. The Bertz CT molecular complexity index is 436. The Hall–Kier alpha value is -1.08. The van der Waals surface area contributed by atoms with Gasteiger partial charge in [-0.15, -0.1) is 0 Å². The van der Waals surface area contributed by atoms with Gasteiger partial charge in [-0.3, -0.25) is 0 Å². The monoisotopic (exact) mass is 344 g/mol. The smallest absolute Gasteiger partial charge is 0.104 e. The van der Waals surface area contributed by atoms with Crippen LogP contribution in [0.2, 0.25) is 0 Å². The Morgan fingerprint density at radius 1 is 0.800 bits per heavy atom. The number of hydrogen-bond donors (Lipinski definition) is 0. The van der Waals surface area contributed by atoms with Crippen LogP contribution in [-0.4, -0.2) is 24.1 Å². The van der Waals surface area contributed by atoms with Crippen LogP contribution in [0.5, 0.6) is 0 Å². The van der Waals surface area contributed by atoms with Crippen LogP contribution in [-0.2, 0) is 6.54 Å². The highest BCUT2D eigenvalue weighted by molar-refractivity contribution is 5.47. The number of hydrogen-bond acceptors (Lipinski definition) is 0. The highest BCUT2D eigenvalue weighted by Gasteiger charge is 2.26. The van der Waals surface area contributed by atoms with Gasteiger partial charge in [0, 0.05) is 5.56 Å². The minimum absolute atomic E-state index is 1.19. The standard InChI is InChI=1S/C24H42N/c1-5-9-12-18-25(19-13-10-6-2,20-14-11-7-3)22-24-17-15-16-23(8-4)21-24/h8,15-17,21H,4-7,9-14,18-20,22H2,1-3H3/q+1. The third-order valence-corrected chi connectivity index (χ3v) is 5.41. The molecule has 0 fully saturated rings. The van der Waals surface area contributed by atoms with Crippen molar-refractivity contribution in [2.45, 2.75) is 85.1 Å². The lowest BCUT2D eigenvalue weighted by molar-refractivity contribution is -0.941. The first-order chi connectivity index (χ1) is 12.2. The zero-order valence-corrected chi connectivity index (χ0v) is 17.2. The van der Waals surface area contributed by atoms with Gasteiger partial charge in [0.1, 0.15) is 6.54 Å². The Kier molecular flexibility index (Phi) is 11.6. The summed E-state index contributed by atoms with van der Waals surface area (Å²) in [5.74, 6) is 0. The van der Waals surface area contributed by atoms with Crippen LogP contribution in [0, 0.1) is 0 Å². The van der Waals surface area contributed by atoms with E-state index in [9.17, 15) is 0 Å². The van der Waals surface area contributed by atoms with Crippen molar-refractivity contribution in [2.75, 3.05) is 19.6 Å². The van der Waals surface area contributed by atoms with Crippen LogP contribution in [0.25, 0.3) is 6.08 Å². The zero-order chi connectivity index (χ0) is 18.4. The van der Waals surface area contributed by atoms with Crippen molar-refractivity contribution < 1.29 is 4.48 Å². The van der Waals surface area contributed by atoms with E-state index in [4.69, 9.17) is 0 Å². The van der Waals surface area contributed by atoms with Crippen LogP contribution in [0.4, 0.5) is 0 Å². The van der Waals surface area contributed by atoms with Crippen LogP contribution in [0.15, 0.2) is 30.8 Å². The predicted molar refractivity (Wildman–Crippen MR) is 114 cm³/mol. The summed E-state index contributed by atoms with van der Waals surface area (Å²) in [6.45, 7) is 16.1. The second kappa shape index (κ2) is 13.2. The topological polar surface area (TPSA) is 0 Å². The molecule has 0 saturated carbocycles. The molecule has 0 aromatic heterocycles. The average Bonchev–Trinajstić information content (AvgIpc) is 2.62. The highest BCUT2D eigenvalue weighted by atomic mass is 15.3. The van der Waals surface area contributed by atoms with E-state index >= 15 is 0 Å². The second-order valence-corrected chi connectivity index (χ2v) is 7.74. The molecular weight excluding hydrogens is 302 g/mol. The van der Waals surface area contributed by atoms with Gasteiger partial charge in [0.2, 0.25) is 0 Å². The molecule has 25 heavy (non-hydrogen) atoms. The summed E-state index contributed by atoms with van der Waals surface area (Å²) in [5, 5.41) is 0. The maximum absolute atomic E-state index is 3.95. The Morgan fingerprint density at radius 3 is 1.76 bits per heavy atom. The summed E-state index contributed by atoms with van der Waals surface area (Å²) >= 11 is 0. The molecule has 1 aromatic rings. The Morgan fingerprint density at radius 2 is 1.32 bits per heavy atom. The van der Waals surface area contributed by atoms with Crippen LogP contribution in [0.3, 0.4) is 0 Å².